The van der Waals surface area contributed by atoms with Crippen molar-refractivity contribution in [2.45, 2.75) is 52.4 Å². The van der Waals surface area contributed by atoms with Gasteiger partial charge in [0.1, 0.15) is 18.9 Å². The number of quaternary nitrogens is 1. The van der Waals surface area contributed by atoms with Crippen LogP contribution in [0.15, 0.2) is 22.9 Å². The van der Waals surface area contributed by atoms with Crippen molar-refractivity contribution in [1.29, 1.82) is 5.26 Å². The lowest BCUT2D eigenvalue weighted by molar-refractivity contribution is -0.871. The number of rotatable bonds is 5. The van der Waals surface area contributed by atoms with Crippen LogP contribution in [-0.4, -0.2) is 60.9 Å². The summed E-state index contributed by atoms with van der Waals surface area (Å²) in [6.45, 7) is 13.0. The molecule has 2 rings (SSSR count). The van der Waals surface area contributed by atoms with Crippen LogP contribution in [0, 0.1) is 11.5 Å². The minimum absolute atomic E-state index is 0.0131. The molecule has 0 aromatic heterocycles. The monoisotopic (exact) mass is 443 g/mol. The number of carbonyl (C=O) groups excluding carboxylic acids is 1. The average Bonchev–Trinajstić information content (AvgIpc) is 2.97. The van der Waals surface area contributed by atoms with E-state index >= 15 is 0 Å². The third-order valence-electron chi connectivity index (χ3n) is 4.90. The predicted molar refractivity (Wildman–Crippen MR) is 123 cm³/mol. The van der Waals surface area contributed by atoms with E-state index in [9.17, 15) is 15.2 Å². The number of benzene rings is 1. The third kappa shape index (κ3) is 6.31. The molecule has 1 aromatic carbocycles. The number of likely N-dealkylation sites (N-methyl/N-ethyl adjacent to an activating group) is 1. The van der Waals surface area contributed by atoms with E-state index in [1.54, 1.807) is 6.08 Å². The predicted octanol–water partition coefficient (Wildman–Crippen LogP) is 3.66. The van der Waals surface area contributed by atoms with E-state index < -0.39 is 5.91 Å². The fourth-order valence-electron chi connectivity index (χ4n) is 3.05. The van der Waals surface area contributed by atoms with Gasteiger partial charge >= 0.3 is 11.9 Å². The summed E-state index contributed by atoms with van der Waals surface area (Å²) in [7, 11) is 6.01. The molecule has 0 unspecified atom stereocenters. The lowest BCUT2D eigenvalue weighted by Gasteiger charge is -2.27. The Labute approximate surface area is 190 Å². The fraction of sp³-hybridized carbons (Fsp3) is 0.542. The summed E-state index contributed by atoms with van der Waals surface area (Å²) in [6.07, 6.45) is 3.41. The molecule has 174 valence electrons. The van der Waals surface area contributed by atoms with E-state index in [1.165, 1.54) is 0 Å². The maximum Gasteiger partial charge on any atom is 0.340 e. The molecule has 0 saturated carbocycles. The molecule has 0 atom stereocenters. The first-order valence-corrected chi connectivity index (χ1v) is 10.6. The van der Waals surface area contributed by atoms with Crippen LogP contribution in [0.25, 0.3) is 6.08 Å². The molecular formula is C24H35N4O4+. The van der Waals surface area contributed by atoms with Gasteiger partial charge in [0.25, 0.3) is 0 Å². The van der Waals surface area contributed by atoms with Crippen molar-refractivity contribution in [2.75, 3.05) is 34.3 Å². The fourth-order valence-corrected chi connectivity index (χ4v) is 3.05. The number of ether oxygens (including phenoxy) is 1. The van der Waals surface area contributed by atoms with Gasteiger partial charge in [0.2, 0.25) is 6.19 Å². The van der Waals surface area contributed by atoms with Crippen LogP contribution in [0.3, 0.4) is 0 Å². The summed E-state index contributed by atoms with van der Waals surface area (Å²) in [4.78, 5) is 21.7. The second-order valence-corrected chi connectivity index (χ2v) is 11.0. The number of phenolic OH excluding ortho intramolecular Hbond substituents is 1. The molecule has 0 radical (unpaired) electrons. The van der Waals surface area contributed by atoms with Crippen molar-refractivity contribution >= 4 is 18.0 Å². The minimum Gasteiger partial charge on any atom is -0.507 e. The number of hydrogen-bond donors (Lipinski definition) is 1. The zero-order chi connectivity index (χ0) is 24.5. The Bertz CT molecular complexity index is 948. The highest BCUT2D eigenvalue weighted by Crippen LogP contribution is 2.40. The lowest BCUT2D eigenvalue weighted by atomic mass is 9.78. The zero-order valence-electron chi connectivity index (χ0n) is 20.6. The number of phenols is 1. The van der Waals surface area contributed by atoms with E-state index in [1.807, 2.05) is 81.0 Å². The largest absolute Gasteiger partial charge is 0.507 e. The summed E-state index contributed by atoms with van der Waals surface area (Å²) in [5, 5.41) is 21.1. The smallest absolute Gasteiger partial charge is 0.340 e. The van der Waals surface area contributed by atoms with Crippen LogP contribution in [0.4, 0.5) is 0 Å². The summed E-state index contributed by atoms with van der Waals surface area (Å²) >= 11 is 0. The highest BCUT2D eigenvalue weighted by molar-refractivity contribution is 6.08. The van der Waals surface area contributed by atoms with E-state index in [-0.39, 0.29) is 35.0 Å². The Morgan fingerprint density at radius 1 is 1.16 bits per heavy atom. The van der Waals surface area contributed by atoms with Gasteiger partial charge in [-0.05, 0) is 34.6 Å². The van der Waals surface area contributed by atoms with Crippen LogP contribution in [0.5, 0.6) is 5.75 Å². The summed E-state index contributed by atoms with van der Waals surface area (Å²) in [5.74, 6) is -0.358. The lowest BCUT2D eigenvalue weighted by Crippen LogP contribution is -2.39. The molecule has 1 aliphatic heterocycles. The standard InChI is InChI=1S/C24H34N4O4/c1-23(2,3)17-12-16(13-18(20(17)29)24(4,5)6)14-19-21(30)26-22(32-19)27(15-25)31-11-10-28(7,8)9/h12-14H,10-11H2,1-9H3/p+1. The number of hydroxylamine groups is 2. The van der Waals surface area contributed by atoms with Crippen molar-refractivity contribution in [3.05, 3.63) is 34.6 Å². The molecule has 1 amide bonds. The SMILES string of the molecule is CC(C)(C)c1cc(C=C2OC(N(C#N)OCC[N+](C)(C)C)=NC2=O)cc(C(C)(C)C)c1O. The Balaban J connectivity index is 2.34. The molecule has 0 bridgehead atoms. The molecule has 0 aliphatic carbocycles. The molecular weight excluding hydrogens is 408 g/mol. The maximum atomic E-state index is 12.4. The topological polar surface area (TPSA) is 95.1 Å². The van der Waals surface area contributed by atoms with Gasteiger partial charge in [0, 0.05) is 11.1 Å². The minimum atomic E-state index is -0.599. The van der Waals surface area contributed by atoms with Crippen LogP contribution in [0.1, 0.15) is 58.2 Å². The van der Waals surface area contributed by atoms with Crippen LogP contribution < -0.4 is 0 Å². The maximum absolute atomic E-state index is 12.4. The number of amides is 1. The number of nitrogens with zero attached hydrogens (tertiary/aromatic N) is 4. The van der Waals surface area contributed by atoms with Crippen LogP contribution >= 0.6 is 0 Å². The van der Waals surface area contributed by atoms with Gasteiger partial charge in [-0.3, -0.25) is 4.79 Å². The summed E-state index contributed by atoms with van der Waals surface area (Å²) < 4.78 is 6.22. The first kappa shape index (κ1) is 25.4. The third-order valence-corrected chi connectivity index (χ3v) is 4.90. The van der Waals surface area contributed by atoms with Crippen molar-refractivity contribution in [3.8, 4) is 11.9 Å². The molecule has 0 saturated heterocycles. The zero-order valence-corrected chi connectivity index (χ0v) is 20.6. The number of aromatic hydroxyl groups is 1. The van der Waals surface area contributed by atoms with Gasteiger partial charge in [-0.25, -0.2) is 4.84 Å². The molecule has 1 heterocycles. The molecule has 32 heavy (non-hydrogen) atoms. The van der Waals surface area contributed by atoms with Crippen LogP contribution in [0.2, 0.25) is 0 Å². The highest BCUT2D eigenvalue weighted by Gasteiger charge is 2.30. The molecule has 8 nitrogen and oxygen atoms in total. The molecule has 0 fully saturated rings. The highest BCUT2D eigenvalue weighted by atomic mass is 16.7. The molecule has 1 aromatic rings. The van der Waals surface area contributed by atoms with Crippen molar-refractivity contribution in [3.63, 3.8) is 0 Å². The number of nitriles is 1. The van der Waals surface area contributed by atoms with Gasteiger partial charge < -0.3 is 14.3 Å². The number of amidine groups is 1. The Morgan fingerprint density at radius 3 is 2.12 bits per heavy atom. The van der Waals surface area contributed by atoms with Crippen LogP contribution in [-0.2, 0) is 25.2 Å². The molecule has 1 N–H and O–H groups in total. The summed E-state index contributed by atoms with van der Waals surface area (Å²) in [5.41, 5.74) is 1.62. The first-order valence-electron chi connectivity index (χ1n) is 10.6. The number of carbonyl (C=O) groups is 1. The van der Waals surface area contributed by atoms with E-state index in [2.05, 4.69) is 4.99 Å². The van der Waals surface area contributed by atoms with E-state index in [4.69, 9.17) is 9.57 Å². The van der Waals surface area contributed by atoms with E-state index in [0.717, 1.165) is 16.2 Å². The van der Waals surface area contributed by atoms with Crippen molar-refractivity contribution in [2.24, 2.45) is 4.99 Å². The summed E-state index contributed by atoms with van der Waals surface area (Å²) in [6, 6.07) is 3.47. The molecule has 0 spiro atoms. The van der Waals surface area contributed by atoms with Crippen molar-refractivity contribution in [1.82, 2.24) is 5.06 Å². The van der Waals surface area contributed by atoms with Gasteiger partial charge in [0.05, 0.1) is 21.1 Å². The number of aliphatic imine (C=N–C) groups is 1. The quantitative estimate of drug-likeness (QED) is 0.245. The van der Waals surface area contributed by atoms with Crippen molar-refractivity contribution < 1.29 is 24.0 Å². The van der Waals surface area contributed by atoms with E-state index in [0.29, 0.717) is 16.6 Å². The average molecular weight is 444 g/mol. The van der Waals surface area contributed by atoms with Gasteiger partial charge in [0.15, 0.2) is 5.76 Å². The second kappa shape index (κ2) is 8.93. The van der Waals surface area contributed by atoms with Gasteiger partial charge in [-0.1, -0.05) is 41.5 Å². The molecule has 8 heteroatoms. The molecule has 1 aliphatic rings. The second-order valence-electron chi connectivity index (χ2n) is 11.0. The Hall–Kier alpha value is -2.89. The number of hydrogen-bond acceptors (Lipinski definition) is 6. The first-order chi connectivity index (χ1) is 14.5. The normalized spacial score (nSPS) is 16.1. The van der Waals surface area contributed by atoms with Gasteiger partial charge in [-0.2, -0.15) is 10.3 Å². The Kier molecular flexibility index (Phi) is 7.08. The Morgan fingerprint density at radius 2 is 1.69 bits per heavy atom. The van der Waals surface area contributed by atoms with Gasteiger partial charge in [-0.15, -0.1) is 5.06 Å².